The molecule has 124 valence electrons. The van der Waals surface area contributed by atoms with Crippen LogP contribution in [0.25, 0.3) is 0 Å². The molecule has 0 unspecified atom stereocenters. The summed E-state index contributed by atoms with van der Waals surface area (Å²) in [5, 5.41) is 0. The van der Waals surface area contributed by atoms with Crippen molar-refractivity contribution in [1.29, 1.82) is 0 Å². The molecule has 2 aromatic carbocycles. The molecule has 0 saturated heterocycles. The molecule has 0 aliphatic carbocycles. The highest BCUT2D eigenvalue weighted by Crippen LogP contribution is 2.37. The van der Waals surface area contributed by atoms with E-state index in [2.05, 4.69) is 4.18 Å². The van der Waals surface area contributed by atoms with Gasteiger partial charge in [0, 0.05) is 0 Å². The van der Waals surface area contributed by atoms with E-state index >= 15 is 0 Å². The van der Waals surface area contributed by atoms with Crippen molar-refractivity contribution in [3.63, 3.8) is 0 Å². The van der Waals surface area contributed by atoms with Gasteiger partial charge in [-0.05, 0) is 40.3 Å². The van der Waals surface area contributed by atoms with Crippen LogP contribution in [-0.4, -0.2) is 13.9 Å². The predicted octanol–water partition coefficient (Wildman–Crippen LogP) is 4.10. The van der Waals surface area contributed by atoms with E-state index in [0.717, 1.165) is 5.56 Å². The van der Waals surface area contributed by atoms with Crippen LogP contribution < -0.4 is 8.92 Å². The van der Waals surface area contributed by atoms with Crippen LogP contribution in [0.5, 0.6) is 11.5 Å². The molecule has 9 heteroatoms. The summed E-state index contributed by atoms with van der Waals surface area (Å²) < 4.78 is 69.6. The molecular weight excluding hydrogens is 448 g/mol. The summed E-state index contributed by atoms with van der Waals surface area (Å²) in [7, 11) is -5.76. The minimum absolute atomic E-state index is 0.0589. The third-order valence-electron chi connectivity index (χ3n) is 2.64. The van der Waals surface area contributed by atoms with Crippen molar-refractivity contribution in [3.05, 3.63) is 57.7 Å². The Morgan fingerprint density at radius 2 is 1.65 bits per heavy atom. The zero-order valence-corrected chi connectivity index (χ0v) is 14.4. The van der Waals surface area contributed by atoms with Crippen molar-refractivity contribution in [2.75, 3.05) is 0 Å². The van der Waals surface area contributed by atoms with Gasteiger partial charge in [0.2, 0.25) is 0 Å². The first-order valence-electron chi connectivity index (χ1n) is 6.17. The summed E-state index contributed by atoms with van der Waals surface area (Å²) in [6, 6.07) is 13.2. The van der Waals surface area contributed by atoms with Gasteiger partial charge >= 0.3 is 15.6 Å². The summed E-state index contributed by atoms with van der Waals surface area (Å²) in [5.74, 6) is -0.574. The Morgan fingerprint density at radius 1 is 1.00 bits per heavy atom. The quantitative estimate of drug-likeness (QED) is 0.385. The molecule has 0 heterocycles. The molecule has 0 aromatic heterocycles. The first-order valence-corrected chi connectivity index (χ1v) is 8.65. The SMILES string of the molecule is O=S(=O)(Oc1c(I)cccc1OCc1ccccc1)C(F)(F)F. The molecule has 23 heavy (non-hydrogen) atoms. The molecule has 0 saturated carbocycles. The number of hydrogen-bond donors (Lipinski definition) is 0. The third kappa shape index (κ3) is 4.50. The van der Waals surface area contributed by atoms with Crippen LogP contribution in [-0.2, 0) is 16.7 Å². The molecule has 2 aromatic rings. The van der Waals surface area contributed by atoms with E-state index in [-0.39, 0.29) is 15.9 Å². The number of hydrogen-bond acceptors (Lipinski definition) is 4. The van der Waals surface area contributed by atoms with Crippen LogP contribution in [0, 0.1) is 3.57 Å². The van der Waals surface area contributed by atoms with E-state index in [1.807, 2.05) is 0 Å². The Kier molecular flexibility index (Phi) is 5.40. The van der Waals surface area contributed by atoms with Gasteiger partial charge in [0.15, 0.2) is 11.5 Å². The van der Waals surface area contributed by atoms with Crippen molar-refractivity contribution < 1.29 is 30.5 Å². The summed E-state index contributed by atoms with van der Waals surface area (Å²) in [6.45, 7) is 0.0589. The maximum absolute atomic E-state index is 12.5. The first kappa shape index (κ1) is 17.9. The lowest BCUT2D eigenvalue weighted by Gasteiger charge is -2.15. The molecule has 2 rings (SSSR count). The monoisotopic (exact) mass is 458 g/mol. The van der Waals surface area contributed by atoms with Gasteiger partial charge in [-0.25, -0.2) is 0 Å². The Labute approximate surface area is 144 Å². The molecule has 0 bridgehead atoms. The van der Waals surface area contributed by atoms with E-state index in [0.29, 0.717) is 0 Å². The van der Waals surface area contributed by atoms with Crippen LogP contribution >= 0.6 is 22.6 Å². The number of benzene rings is 2. The molecule has 4 nitrogen and oxygen atoms in total. The smallest absolute Gasteiger partial charge is 0.485 e. The highest BCUT2D eigenvalue weighted by atomic mass is 127. The van der Waals surface area contributed by atoms with Crippen LogP contribution in [0.1, 0.15) is 5.56 Å². The van der Waals surface area contributed by atoms with Gasteiger partial charge in [-0.15, -0.1) is 0 Å². The van der Waals surface area contributed by atoms with Crippen LogP contribution in [0.2, 0.25) is 0 Å². The lowest BCUT2D eigenvalue weighted by atomic mass is 10.2. The van der Waals surface area contributed by atoms with Gasteiger partial charge < -0.3 is 8.92 Å². The molecule has 0 fully saturated rings. The standard InChI is InChI=1S/C14H10F3IO4S/c15-14(16,17)23(19,20)22-13-11(18)7-4-8-12(13)21-9-10-5-2-1-3-6-10/h1-8H,9H2. The largest absolute Gasteiger partial charge is 0.534 e. The van der Waals surface area contributed by atoms with Crippen molar-refractivity contribution in [1.82, 2.24) is 0 Å². The van der Waals surface area contributed by atoms with E-state index < -0.39 is 21.4 Å². The fourth-order valence-corrected chi connectivity index (χ4v) is 2.79. The normalized spacial score (nSPS) is 12.0. The second-order valence-corrected chi connectivity index (χ2v) is 7.02. The van der Waals surface area contributed by atoms with E-state index in [9.17, 15) is 21.6 Å². The van der Waals surface area contributed by atoms with E-state index in [1.54, 1.807) is 52.9 Å². The Balaban J connectivity index is 2.27. The van der Waals surface area contributed by atoms with Crippen molar-refractivity contribution >= 4 is 32.7 Å². The van der Waals surface area contributed by atoms with Gasteiger partial charge in [0.05, 0.1) is 3.57 Å². The number of rotatable bonds is 5. The van der Waals surface area contributed by atoms with Crippen LogP contribution in [0.3, 0.4) is 0 Å². The third-order valence-corrected chi connectivity index (χ3v) is 4.45. The highest BCUT2D eigenvalue weighted by Gasteiger charge is 2.49. The minimum Gasteiger partial charge on any atom is -0.485 e. The Morgan fingerprint density at radius 3 is 2.26 bits per heavy atom. The number of alkyl halides is 3. The van der Waals surface area contributed by atoms with E-state index in [4.69, 9.17) is 4.74 Å². The number of para-hydroxylation sites is 1. The van der Waals surface area contributed by atoms with E-state index in [1.165, 1.54) is 18.2 Å². The molecule has 0 atom stereocenters. The molecule has 0 aliphatic rings. The van der Waals surface area contributed by atoms with Crippen molar-refractivity contribution in [2.45, 2.75) is 12.1 Å². The molecule has 0 aliphatic heterocycles. The molecule has 0 radical (unpaired) electrons. The first-order chi connectivity index (χ1) is 10.7. The second-order valence-electron chi connectivity index (χ2n) is 4.32. The fourth-order valence-electron chi connectivity index (χ4n) is 1.58. The molecular formula is C14H10F3IO4S. The zero-order chi connectivity index (χ0) is 17.1. The maximum atomic E-state index is 12.5. The summed E-state index contributed by atoms with van der Waals surface area (Å²) >= 11 is 1.67. The number of ether oxygens (including phenoxy) is 1. The summed E-state index contributed by atoms with van der Waals surface area (Å²) in [5.41, 5.74) is -4.74. The van der Waals surface area contributed by atoms with Gasteiger partial charge in [-0.2, -0.15) is 21.6 Å². The van der Waals surface area contributed by atoms with Gasteiger partial charge in [0.1, 0.15) is 6.61 Å². The predicted molar refractivity (Wildman–Crippen MR) is 85.5 cm³/mol. The fraction of sp³-hybridized carbons (Fsp3) is 0.143. The Bertz CT molecular complexity index is 776. The van der Waals surface area contributed by atoms with Gasteiger partial charge in [-0.3, -0.25) is 0 Å². The van der Waals surface area contributed by atoms with Crippen molar-refractivity contribution in [3.8, 4) is 11.5 Å². The second kappa shape index (κ2) is 6.95. The molecule has 0 spiro atoms. The topological polar surface area (TPSA) is 52.6 Å². The lowest BCUT2D eigenvalue weighted by molar-refractivity contribution is -0.0500. The average Bonchev–Trinajstić information content (AvgIpc) is 2.48. The summed E-state index contributed by atoms with van der Waals surface area (Å²) in [6.07, 6.45) is 0. The number of halogens is 4. The van der Waals surface area contributed by atoms with Crippen molar-refractivity contribution in [2.24, 2.45) is 0 Å². The Hall–Kier alpha value is -1.49. The highest BCUT2D eigenvalue weighted by molar-refractivity contribution is 14.1. The molecule has 0 N–H and O–H groups in total. The van der Waals surface area contributed by atoms with Crippen LogP contribution in [0.4, 0.5) is 13.2 Å². The van der Waals surface area contributed by atoms with Crippen LogP contribution in [0.15, 0.2) is 48.5 Å². The lowest BCUT2D eigenvalue weighted by Crippen LogP contribution is -2.28. The molecule has 0 amide bonds. The minimum atomic E-state index is -5.76. The average molecular weight is 458 g/mol. The maximum Gasteiger partial charge on any atom is 0.534 e. The zero-order valence-electron chi connectivity index (χ0n) is 11.4. The summed E-state index contributed by atoms with van der Waals surface area (Å²) in [4.78, 5) is 0. The van der Waals surface area contributed by atoms with Gasteiger partial charge in [0.25, 0.3) is 0 Å². The van der Waals surface area contributed by atoms with Gasteiger partial charge in [-0.1, -0.05) is 36.4 Å².